The third-order valence-corrected chi connectivity index (χ3v) is 7.06. The summed E-state index contributed by atoms with van der Waals surface area (Å²) in [6.45, 7) is 2.42. The van der Waals surface area contributed by atoms with Crippen molar-refractivity contribution in [1.29, 1.82) is 0 Å². The molecule has 0 atom stereocenters. The van der Waals surface area contributed by atoms with E-state index in [0.29, 0.717) is 39.3 Å². The van der Waals surface area contributed by atoms with Gasteiger partial charge in [0.15, 0.2) is 11.5 Å². The number of amides is 1. The lowest BCUT2D eigenvalue weighted by atomic mass is 10.2. The van der Waals surface area contributed by atoms with Gasteiger partial charge in [0.2, 0.25) is 0 Å². The van der Waals surface area contributed by atoms with Gasteiger partial charge >= 0.3 is 0 Å². The lowest BCUT2D eigenvalue weighted by Crippen LogP contribution is -2.19. The van der Waals surface area contributed by atoms with Crippen LogP contribution in [-0.4, -0.2) is 32.3 Å². The van der Waals surface area contributed by atoms with E-state index in [1.165, 1.54) is 12.8 Å². The van der Waals surface area contributed by atoms with Crippen LogP contribution in [0.25, 0.3) is 0 Å². The Labute approximate surface area is 222 Å². The standard InChI is InChI=1S/C26H24BrCl2N3O3/c1-34-24-13-19(21(27)14-25(24)35-16-17-4-9-22(28)23(29)12-17)15-30-31-26(33)18-5-7-20(8-6-18)32-10-2-3-11-32/h4-9,12-15H,2-3,10-11,16H2,1H3,(H,31,33)/b30-15-. The maximum Gasteiger partial charge on any atom is 0.271 e. The molecule has 1 aliphatic heterocycles. The van der Waals surface area contributed by atoms with Crippen LogP contribution in [0.4, 0.5) is 5.69 Å². The number of methoxy groups -OCH3 is 1. The summed E-state index contributed by atoms with van der Waals surface area (Å²) < 4.78 is 12.1. The van der Waals surface area contributed by atoms with Crippen molar-refractivity contribution in [3.8, 4) is 11.5 Å². The molecule has 0 unspecified atom stereocenters. The Hall–Kier alpha value is -2.74. The van der Waals surface area contributed by atoms with Gasteiger partial charge in [-0.1, -0.05) is 29.3 Å². The third kappa shape index (κ3) is 6.48. The molecule has 0 spiro atoms. The van der Waals surface area contributed by atoms with E-state index in [9.17, 15) is 4.79 Å². The van der Waals surface area contributed by atoms with Gasteiger partial charge in [-0.25, -0.2) is 5.43 Å². The molecule has 0 aromatic heterocycles. The first-order chi connectivity index (χ1) is 16.9. The summed E-state index contributed by atoms with van der Waals surface area (Å²) in [7, 11) is 1.56. The van der Waals surface area contributed by atoms with Crippen LogP contribution in [0, 0.1) is 0 Å². The lowest BCUT2D eigenvalue weighted by Gasteiger charge is -2.17. The van der Waals surface area contributed by atoms with Gasteiger partial charge in [0.1, 0.15) is 6.61 Å². The van der Waals surface area contributed by atoms with Crippen molar-refractivity contribution in [3.63, 3.8) is 0 Å². The molecule has 1 heterocycles. The molecule has 4 rings (SSSR count). The SMILES string of the molecule is COc1cc(/C=N\NC(=O)c2ccc(N3CCCC3)cc2)c(Br)cc1OCc1ccc(Cl)c(Cl)c1. The number of rotatable bonds is 8. The van der Waals surface area contributed by atoms with Crippen molar-refractivity contribution in [2.24, 2.45) is 5.10 Å². The molecular formula is C26H24BrCl2N3O3. The minimum Gasteiger partial charge on any atom is -0.493 e. The van der Waals surface area contributed by atoms with Gasteiger partial charge in [-0.05, 0) is 82.9 Å². The zero-order valence-electron chi connectivity index (χ0n) is 19.1. The number of anilines is 1. The lowest BCUT2D eigenvalue weighted by molar-refractivity contribution is 0.0955. The fourth-order valence-corrected chi connectivity index (χ4v) is 4.48. The zero-order chi connectivity index (χ0) is 24.8. The highest BCUT2D eigenvalue weighted by molar-refractivity contribution is 9.10. The maximum absolute atomic E-state index is 12.5. The van der Waals surface area contributed by atoms with Gasteiger partial charge in [0.25, 0.3) is 5.91 Å². The highest BCUT2D eigenvalue weighted by Gasteiger charge is 2.13. The average molecular weight is 577 g/mol. The molecule has 0 saturated carbocycles. The number of nitrogens with one attached hydrogen (secondary N) is 1. The van der Waals surface area contributed by atoms with Crippen LogP contribution in [0.5, 0.6) is 11.5 Å². The van der Waals surface area contributed by atoms with Crippen molar-refractivity contribution in [2.45, 2.75) is 19.4 Å². The maximum atomic E-state index is 12.5. The van der Waals surface area contributed by atoms with Crippen LogP contribution < -0.4 is 19.8 Å². The minimum atomic E-state index is -0.279. The topological polar surface area (TPSA) is 63.2 Å². The van der Waals surface area contributed by atoms with Gasteiger partial charge in [0.05, 0.1) is 23.4 Å². The van der Waals surface area contributed by atoms with Crippen molar-refractivity contribution in [1.82, 2.24) is 5.43 Å². The number of hydrogen-bond donors (Lipinski definition) is 1. The predicted octanol–water partition coefficient (Wildman–Crippen LogP) is 6.71. The van der Waals surface area contributed by atoms with Gasteiger partial charge in [-0.3, -0.25) is 4.79 Å². The number of halogens is 3. The zero-order valence-corrected chi connectivity index (χ0v) is 22.2. The molecule has 0 bridgehead atoms. The average Bonchev–Trinajstić information content (AvgIpc) is 3.41. The summed E-state index contributed by atoms with van der Waals surface area (Å²) in [5.74, 6) is 0.794. The summed E-state index contributed by atoms with van der Waals surface area (Å²) >= 11 is 15.6. The molecule has 1 aliphatic rings. The van der Waals surface area contributed by atoms with Crippen LogP contribution >= 0.6 is 39.1 Å². The number of hydrazone groups is 1. The van der Waals surface area contributed by atoms with Gasteiger partial charge in [0, 0.05) is 34.4 Å². The Morgan fingerprint density at radius 3 is 2.49 bits per heavy atom. The van der Waals surface area contributed by atoms with E-state index in [4.69, 9.17) is 32.7 Å². The van der Waals surface area contributed by atoms with Gasteiger partial charge < -0.3 is 14.4 Å². The number of carbonyl (C=O) groups excluding carboxylic acids is 1. The normalized spacial score (nSPS) is 13.3. The smallest absolute Gasteiger partial charge is 0.271 e. The largest absolute Gasteiger partial charge is 0.493 e. The first kappa shape index (κ1) is 25.4. The summed E-state index contributed by atoms with van der Waals surface area (Å²) in [5, 5.41) is 5.07. The molecule has 3 aromatic carbocycles. The van der Waals surface area contributed by atoms with Crippen LogP contribution in [-0.2, 0) is 6.61 Å². The van der Waals surface area contributed by atoms with E-state index in [1.54, 1.807) is 37.6 Å². The molecule has 35 heavy (non-hydrogen) atoms. The van der Waals surface area contributed by atoms with Crippen LogP contribution in [0.15, 0.2) is 64.2 Å². The molecule has 3 aromatic rings. The molecule has 182 valence electrons. The molecule has 1 amide bonds. The Balaban J connectivity index is 1.38. The van der Waals surface area contributed by atoms with Crippen molar-refractivity contribution >= 4 is 56.9 Å². The van der Waals surface area contributed by atoms with E-state index in [0.717, 1.165) is 28.8 Å². The number of nitrogens with zero attached hydrogens (tertiary/aromatic N) is 2. The number of ether oxygens (including phenoxy) is 2. The van der Waals surface area contributed by atoms with Gasteiger partial charge in [-0.15, -0.1) is 0 Å². The van der Waals surface area contributed by atoms with Gasteiger partial charge in [-0.2, -0.15) is 5.10 Å². The Kier molecular flexibility index (Phi) is 8.55. The Morgan fingerprint density at radius 1 is 1.06 bits per heavy atom. The summed E-state index contributed by atoms with van der Waals surface area (Å²) in [6, 6.07) is 16.5. The second kappa shape index (κ2) is 11.8. The fourth-order valence-electron chi connectivity index (χ4n) is 3.74. The number of carbonyl (C=O) groups is 1. The van der Waals surface area contributed by atoms with Crippen LogP contribution in [0.3, 0.4) is 0 Å². The molecule has 0 radical (unpaired) electrons. The quantitative estimate of drug-likeness (QED) is 0.239. The first-order valence-electron chi connectivity index (χ1n) is 11.1. The monoisotopic (exact) mass is 575 g/mol. The van der Waals surface area contributed by atoms with Crippen molar-refractivity contribution in [2.75, 3.05) is 25.1 Å². The van der Waals surface area contributed by atoms with E-state index >= 15 is 0 Å². The summed E-state index contributed by atoms with van der Waals surface area (Å²) in [6.07, 6.45) is 3.97. The highest BCUT2D eigenvalue weighted by atomic mass is 79.9. The third-order valence-electron chi connectivity index (χ3n) is 5.63. The van der Waals surface area contributed by atoms with Crippen LogP contribution in [0.1, 0.15) is 34.3 Å². The Morgan fingerprint density at radius 2 is 1.80 bits per heavy atom. The number of hydrogen-bond acceptors (Lipinski definition) is 5. The van der Waals surface area contributed by atoms with E-state index < -0.39 is 0 Å². The van der Waals surface area contributed by atoms with Crippen molar-refractivity contribution < 1.29 is 14.3 Å². The summed E-state index contributed by atoms with van der Waals surface area (Å²) in [4.78, 5) is 14.8. The first-order valence-corrected chi connectivity index (χ1v) is 12.6. The molecule has 1 saturated heterocycles. The molecule has 6 nitrogen and oxygen atoms in total. The second-order valence-electron chi connectivity index (χ2n) is 8.00. The minimum absolute atomic E-state index is 0.279. The molecule has 1 fully saturated rings. The molecular weight excluding hydrogens is 553 g/mol. The molecule has 0 aliphatic carbocycles. The number of benzene rings is 3. The Bertz CT molecular complexity index is 1230. The van der Waals surface area contributed by atoms with Crippen LogP contribution in [0.2, 0.25) is 10.0 Å². The second-order valence-corrected chi connectivity index (χ2v) is 9.67. The van der Waals surface area contributed by atoms with E-state index in [2.05, 4.69) is 31.4 Å². The molecule has 9 heteroatoms. The summed E-state index contributed by atoms with van der Waals surface area (Å²) in [5.41, 5.74) is 5.85. The fraction of sp³-hybridized carbons (Fsp3) is 0.231. The van der Waals surface area contributed by atoms with E-state index in [-0.39, 0.29) is 5.91 Å². The van der Waals surface area contributed by atoms with Crippen molar-refractivity contribution in [3.05, 3.63) is 85.8 Å². The molecule has 1 N–H and O–H groups in total. The predicted molar refractivity (Wildman–Crippen MR) is 144 cm³/mol. The highest BCUT2D eigenvalue weighted by Crippen LogP contribution is 2.34. The van der Waals surface area contributed by atoms with E-state index in [1.807, 2.05) is 30.3 Å².